The quantitative estimate of drug-likeness (QED) is 0.899. The monoisotopic (exact) mass is 325 g/mol. The third kappa shape index (κ3) is 4.18. The van der Waals surface area contributed by atoms with Crippen LogP contribution in [0.3, 0.4) is 0 Å². The van der Waals surface area contributed by atoms with Crippen molar-refractivity contribution >= 4 is 21.7 Å². The molecular formula is C15H24BrN3. The van der Waals surface area contributed by atoms with Gasteiger partial charge in [0.2, 0.25) is 0 Å². The maximum absolute atomic E-state index is 4.62. The molecule has 3 nitrogen and oxygen atoms in total. The molecule has 106 valence electrons. The average molecular weight is 326 g/mol. The van der Waals surface area contributed by atoms with Gasteiger partial charge in [-0.15, -0.1) is 0 Å². The van der Waals surface area contributed by atoms with Gasteiger partial charge in [0, 0.05) is 25.3 Å². The van der Waals surface area contributed by atoms with Crippen molar-refractivity contribution in [3.63, 3.8) is 0 Å². The number of halogens is 1. The summed E-state index contributed by atoms with van der Waals surface area (Å²) in [6, 6.07) is 2.76. The molecule has 1 fully saturated rings. The Labute approximate surface area is 124 Å². The summed E-state index contributed by atoms with van der Waals surface area (Å²) < 4.78 is 1.10. The highest BCUT2D eigenvalue weighted by Gasteiger charge is 2.21. The second-order valence-electron chi connectivity index (χ2n) is 5.91. The Bertz CT molecular complexity index is 414. The van der Waals surface area contributed by atoms with Crippen LogP contribution < -0.4 is 10.2 Å². The lowest BCUT2D eigenvalue weighted by molar-refractivity contribution is 0.537. The number of nitrogens with zero attached hydrogens (tertiary/aromatic N) is 2. The minimum Gasteiger partial charge on any atom is -0.354 e. The van der Waals surface area contributed by atoms with Gasteiger partial charge in [-0.25, -0.2) is 4.98 Å². The van der Waals surface area contributed by atoms with Crippen LogP contribution in [-0.2, 0) is 0 Å². The number of hydrogen-bond donors (Lipinski definition) is 1. The van der Waals surface area contributed by atoms with Gasteiger partial charge in [-0.1, -0.05) is 13.8 Å². The number of anilines is 1. The molecule has 0 aliphatic carbocycles. The summed E-state index contributed by atoms with van der Waals surface area (Å²) >= 11 is 3.66. The smallest absolute Gasteiger partial charge is 0.142 e. The molecule has 0 aromatic carbocycles. The van der Waals surface area contributed by atoms with Crippen LogP contribution in [0.25, 0.3) is 0 Å². The molecule has 1 N–H and O–H groups in total. The van der Waals surface area contributed by atoms with Crippen molar-refractivity contribution in [2.45, 2.75) is 39.7 Å². The second-order valence-corrected chi connectivity index (χ2v) is 6.76. The van der Waals surface area contributed by atoms with Crippen molar-refractivity contribution in [1.82, 2.24) is 10.3 Å². The third-order valence-electron chi connectivity index (χ3n) is 3.45. The van der Waals surface area contributed by atoms with Crippen molar-refractivity contribution in [2.75, 3.05) is 24.5 Å². The summed E-state index contributed by atoms with van der Waals surface area (Å²) in [6.45, 7) is 9.85. The molecule has 1 unspecified atom stereocenters. The van der Waals surface area contributed by atoms with Gasteiger partial charge in [-0.3, -0.25) is 0 Å². The van der Waals surface area contributed by atoms with E-state index in [4.69, 9.17) is 0 Å². The van der Waals surface area contributed by atoms with E-state index in [-0.39, 0.29) is 0 Å². The van der Waals surface area contributed by atoms with Crippen LogP contribution in [0.15, 0.2) is 16.7 Å². The molecule has 0 radical (unpaired) electrons. The van der Waals surface area contributed by atoms with Crippen LogP contribution >= 0.6 is 15.9 Å². The lowest BCUT2D eigenvalue weighted by atomic mass is 10.1. The van der Waals surface area contributed by atoms with Crippen molar-refractivity contribution in [1.29, 1.82) is 0 Å². The van der Waals surface area contributed by atoms with Crippen LogP contribution in [0, 0.1) is 12.8 Å². The van der Waals surface area contributed by atoms with Gasteiger partial charge in [0.05, 0.1) is 4.47 Å². The summed E-state index contributed by atoms with van der Waals surface area (Å²) in [5.74, 6) is 1.71. The Kier molecular flexibility index (Phi) is 5.22. The first-order valence-electron chi connectivity index (χ1n) is 7.16. The van der Waals surface area contributed by atoms with E-state index >= 15 is 0 Å². The Morgan fingerprint density at radius 2 is 2.32 bits per heavy atom. The van der Waals surface area contributed by atoms with Crippen molar-refractivity contribution in [2.24, 2.45) is 5.92 Å². The molecule has 0 spiro atoms. The summed E-state index contributed by atoms with van der Waals surface area (Å²) in [7, 11) is 0. The maximum Gasteiger partial charge on any atom is 0.142 e. The van der Waals surface area contributed by atoms with E-state index in [2.05, 4.69) is 58.0 Å². The summed E-state index contributed by atoms with van der Waals surface area (Å²) in [6.07, 6.45) is 4.52. The van der Waals surface area contributed by atoms with Gasteiger partial charge >= 0.3 is 0 Å². The first-order valence-corrected chi connectivity index (χ1v) is 7.96. The van der Waals surface area contributed by atoms with Crippen molar-refractivity contribution in [3.05, 3.63) is 22.3 Å². The zero-order valence-corrected chi connectivity index (χ0v) is 13.7. The van der Waals surface area contributed by atoms with Gasteiger partial charge < -0.3 is 10.2 Å². The minimum atomic E-state index is 0.605. The fourth-order valence-corrected chi connectivity index (χ4v) is 3.34. The molecule has 19 heavy (non-hydrogen) atoms. The molecule has 1 saturated heterocycles. The van der Waals surface area contributed by atoms with Crippen LogP contribution in [-0.4, -0.2) is 30.7 Å². The van der Waals surface area contributed by atoms with E-state index in [1.807, 2.05) is 6.20 Å². The predicted molar refractivity (Wildman–Crippen MR) is 84.7 cm³/mol. The highest BCUT2D eigenvalue weighted by Crippen LogP contribution is 2.26. The van der Waals surface area contributed by atoms with E-state index in [9.17, 15) is 0 Å². The standard InChI is InChI=1S/C15H24BrN3/c1-11(2)9-19(10-13-5-4-6-17-13)15-14(16)7-12(3)8-18-15/h7-8,11,13,17H,4-6,9-10H2,1-3H3. The molecule has 0 amide bonds. The fraction of sp³-hybridized carbons (Fsp3) is 0.667. The Balaban J connectivity index is 2.15. The van der Waals surface area contributed by atoms with E-state index in [1.165, 1.54) is 18.4 Å². The lowest BCUT2D eigenvalue weighted by Crippen LogP contribution is -2.40. The minimum absolute atomic E-state index is 0.605. The average Bonchev–Trinajstić information content (AvgIpc) is 2.80. The van der Waals surface area contributed by atoms with E-state index in [0.717, 1.165) is 29.9 Å². The third-order valence-corrected chi connectivity index (χ3v) is 4.03. The van der Waals surface area contributed by atoms with E-state index in [0.29, 0.717) is 12.0 Å². The van der Waals surface area contributed by atoms with Crippen LogP contribution in [0.2, 0.25) is 0 Å². The van der Waals surface area contributed by atoms with Gasteiger partial charge in [0.15, 0.2) is 0 Å². The molecule has 1 atom stereocenters. The van der Waals surface area contributed by atoms with Crippen molar-refractivity contribution in [3.8, 4) is 0 Å². The number of aromatic nitrogens is 1. The molecule has 1 aliphatic heterocycles. The first kappa shape index (κ1) is 14.8. The van der Waals surface area contributed by atoms with Gasteiger partial charge in [-0.05, 0) is 59.8 Å². The highest BCUT2D eigenvalue weighted by atomic mass is 79.9. The van der Waals surface area contributed by atoms with Crippen LogP contribution in [0.4, 0.5) is 5.82 Å². The molecule has 0 saturated carbocycles. The molecule has 1 aliphatic rings. The van der Waals surface area contributed by atoms with E-state index < -0.39 is 0 Å². The summed E-state index contributed by atoms with van der Waals surface area (Å²) in [5.41, 5.74) is 1.19. The topological polar surface area (TPSA) is 28.2 Å². The fourth-order valence-electron chi connectivity index (χ4n) is 2.63. The molecule has 0 bridgehead atoms. The molecule has 4 heteroatoms. The van der Waals surface area contributed by atoms with Crippen LogP contribution in [0.5, 0.6) is 0 Å². The molecule has 2 rings (SSSR count). The Morgan fingerprint density at radius 1 is 1.53 bits per heavy atom. The Morgan fingerprint density at radius 3 is 2.89 bits per heavy atom. The summed E-state index contributed by atoms with van der Waals surface area (Å²) in [4.78, 5) is 7.04. The Hall–Kier alpha value is -0.610. The summed E-state index contributed by atoms with van der Waals surface area (Å²) in [5, 5.41) is 3.58. The largest absolute Gasteiger partial charge is 0.354 e. The van der Waals surface area contributed by atoms with Crippen molar-refractivity contribution < 1.29 is 0 Å². The van der Waals surface area contributed by atoms with Gasteiger partial charge in [0.25, 0.3) is 0 Å². The SMILES string of the molecule is Cc1cnc(N(CC(C)C)CC2CCCN2)c(Br)c1. The van der Waals surface area contributed by atoms with Gasteiger partial charge in [-0.2, -0.15) is 0 Å². The van der Waals surface area contributed by atoms with E-state index in [1.54, 1.807) is 0 Å². The zero-order valence-electron chi connectivity index (χ0n) is 12.1. The number of nitrogens with one attached hydrogen (secondary N) is 1. The first-order chi connectivity index (χ1) is 9.06. The van der Waals surface area contributed by atoms with Crippen LogP contribution in [0.1, 0.15) is 32.3 Å². The highest BCUT2D eigenvalue weighted by molar-refractivity contribution is 9.10. The molecule has 1 aromatic rings. The lowest BCUT2D eigenvalue weighted by Gasteiger charge is -2.29. The maximum atomic E-state index is 4.62. The second kappa shape index (κ2) is 6.71. The number of aryl methyl sites for hydroxylation is 1. The molecule has 1 aromatic heterocycles. The normalized spacial score (nSPS) is 19.1. The number of hydrogen-bond acceptors (Lipinski definition) is 3. The molecular weight excluding hydrogens is 302 g/mol. The molecule has 2 heterocycles. The zero-order chi connectivity index (χ0) is 13.8. The predicted octanol–water partition coefficient (Wildman–Crippen LogP) is 3.37. The van der Waals surface area contributed by atoms with Gasteiger partial charge in [0.1, 0.15) is 5.82 Å². The number of rotatable bonds is 5. The number of pyridine rings is 1.